The number of carbonyl (C=O) groups excluding carboxylic acids is 2. The van der Waals surface area contributed by atoms with Gasteiger partial charge in [0.05, 0.1) is 11.9 Å². The van der Waals surface area contributed by atoms with E-state index in [4.69, 9.17) is 4.74 Å². The monoisotopic (exact) mass is 426 g/mol. The zero-order valence-corrected chi connectivity index (χ0v) is 17.9. The molecule has 8 nitrogen and oxygen atoms in total. The van der Waals surface area contributed by atoms with E-state index in [9.17, 15) is 14.7 Å². The average molecular weight is 427 g/mol. The van der Waals surface area contributed by atoms with Gasteiger partial charge in [-0.25, -0.2) is 4.98 Å². The lowest BCUT2D eigenvalue weighted by Gasteiger charge is -2.36. The first-order chi connectivity index (χ1) is 15.0. The van der Waals surface area contributed by atoms with Crippen molar-refractivity contribution in [2.75, 3.05) is 49.5 Å². The number of pyridine rings is 1. The van der Waals surface area contributed by atoms with Gasteiger partial charge in [-0.15, -0.1) is 0 Å². The van der Waals surface area contributed by atoms with E-state index in [1.165, 1.54) is 0 Å². The third-order valence-electron chi connectivity index (χ3n) is 5.10. The number of β-amino-alcohol motifs (C(OH)–C–C–N with tert-alkyl or cyclic N) is 1. The van der Waals surface area contributed by atoms with Crippen LogP contribution in [0.3, 0.4) is 0 Å². The van der Waals surface area contributed by atoms with Crippen LogP contribution in [0.25, 0.3) is 0 Å². The van der Waals surface area contributed by atoms with E-state index in [1.807, 2.05) is 37.3 Å². The highest BCUT2D eigenvalue weighted by atomic mass is 16.5. The maximum atomic E-state index is 12.2. The van der Waals surface area contributed by atoms with Gasteiger partial charge in [0.1, 0.15) is 18.5 Å². The number of aromatic nitrogens is 1. The van der Waals surface area contributed by atoms with Gasteiger partial charge in [-0.3, -0.25) is 14.5 Å². The van der Waals surface area contributed by atoms with Crippen LogP contribution in [0.1, 0.15) is 30.1 Å². The molecule has 1 aliphatic rings. The summed E-state index contributed by atoms with van der Waals surface area (Å²) in [5.74, 6) is 0.426. The van der Waals surface area contributed by atoms with Gasteiger partial charge < -0.3 is 20.1 Å². The number of amides is 1. The van der Waals surface area contributed by atoms with Crippen molar-refractivity contribution in [1.82, 2.24) is 9.88 Å². The van der Waals surface area contributed by atoms with E-state index in [0.29, 0.717) is 24.2 Å². The second kappa shape index (κ2) is 11.4. The van der Waals surface area contributed by atoms with Gasteiger partial charge in [-0.1, -0.05) is 25.1 Å². The molecule has 1 atom stereocenters. The number of hydrogen-bond donors (Lipinski definition) is 2. The summed E-state index contributed by atoms with van der Waals surface area (Å²) >= 11 is 0. The first-order valence-corrected chi connectivity index (χ1v) is 10.7. The van der Waals surface area contributed by atoms with Crippen molar-refractivity contribution in [1.29, 1.82) is 0 Å². The van der Waals surface area contributed by atoms with Crippen LogP contribution in [0.2, 0.25) is 0 Å². The lowest BCUT2D eigenvalue weighted by atomic mass is 10.2. The number of carbonyl (C=O) groups is 2. The molecule has 0 saturated carbocycles. The van der Waals surface area contributed by atoms with E-state index in [-0.39, 0.29) is 18.5 Å². The molecule has 1 aromatic heterocycles. The summed E-state index contributed by atoms with van der Waals surface area (Å²) < 4.78 is 5.08. The summed E-state index contributed by atoms with van der Waals surface area (Å²) in [5, 5.41) is 13.0. The lowest BCUT2D eigenvalue weighted by Crippen LogP contribution is -2.49. The Bertz CT molecular complexity index is 836. The molecule has 31 heavy (non-hydrogen) atoms. The molecule has 0 spiro atoms. The molecule has 2 N–H and O–H groups in total. The van der Waals surface area contributed by atoms with Gasteiger partial charge in [0.2, 0.25) is 0 Å². The van der Waals surface area contributed by atoms with Gasteiger partial charge in [0.15, 0.2) is 0 Å². The van der Waals surface area contributed by atoms with Crippen LogP contribution in [0.5, 0.6) is 0 Å². The van der Waals surface area contributed by atoms with Crippen molar-refractivity contribution in [2.45, 2.75) is 25.9 Å². The smallest absolute Gasteiger partial charge is 0.305 e. The zero-order valence-electron chi connectivity index (χ0n) is 17.9. The second-order valence-electron chi connectivity index (χ2n) is 7.60. The van der Waals surface area contributed by atoms with Gasteiger partial charge >= 0.3 is 5.97 Å². The molecular weight excluding hydrogens is 396 g/mol. The number of esters is 1. The van der Waals surface area contributed by atoms with Gasteiger partial charge in [0, 0.05) is 44.7 Å². The van der Waals surface area contributed by atoms with Crippen molar-refractivity contribution in [2.24, 2.45) is 0 Å². The molecule has 2 aromatic rings. The van der Waals surface area contributed by atoms with Crippen LogP contribution in [-0.2, 0) is 9.53 Å². The number of nitrogens with one attached hydrogen (secondary N) is 1. The Hall–Kier alpha value is -2.97. The lowest BCUT2D eigenvalue weighted by molar-refractivity contribution is -0.147. The number of aliphatic hydroxyl groups excluding tert-OH is 1. The van der Waals surface area contributed by atoms with Crippen LogP contribution < -0.4 is 10.2 Å². The van der Waals surface area contributed by atoms with Gasteiger partial charge in [-0.2, -0.15) is 0 Å². The molecule has 0 radical (unpaired) electrons. The predicted octanol–water partition coefficient (Wildman–Crippen LogP) is 2.16. The first-order valence-electron chi connectivity index (χ1n) is 10.7. The number of ether oxygens (including phenoxy) is 1. The molecule has 3 rings (SSSR count). The minimum atomic E-state index is -0.682. The maximum Gasteiger partial charge on any atom is 0.305 e. The van der Waals surface area contributed by atoms with Crippen molar-refractivity contribution in [3.8, 4) is 0 Å². The Morgan fingerprint density at radius 1 is 1.13 bits per heavy atom. The Kier molecular flexibility index (Phi) is 8.37. The summed E-state index contributed by atoms with van der Waals surface area (Å²) in [5.41, 5.74) is 1.25. The number of aliphatic hydroxyl groups is 1. The van der Waals surface area contributed by atoms with Crippen LogP contribution in [0, 0.1) is 0 Å². The molecule has 0 bridgehead atoms. The fourth-order valence-electron chi connectivity index (χ4n) is 3.42. The number of piperazine rings is 1. The molecule has 1 saturated heterocycles. The molecule has 0 aliphatic carbocycles. The minimum absolute atomic E-state index is 0.0385. The van der Waals surface area contributed by atoms with Gasteiger partial charge in [0.25, 0.3) is 5.91 Å². The number of nitrogens with zero attached hydrogens (tertiary/aromatic N) is 3. The van der Waals surface area contributed by atoms with E-state index in [2.05, 4.69) is 20.1 Å². The van der Waals surface area contributed by atoms with E-state index in [0.717, 1.165) is 38.4 Å². The predicted molar refractivity (Wildman–Crippen MR) is 119 cm³/mol. The third-order valence-corrected chi connectivity index (χ3v) is 5.10. The van der Waals surface area contributed by atoms with Crippen molar-refractivity contribution in [3.63, 3.8) is 0 Å². The minimum Gasteiger partial charge on any atom is -0.463 e. The standard InChI is InChI=1S/C23H30N4O4/c1-2-6-22(29)31-17-20(28)16-26-11-13-27(14-12-26)21-10-9-19(15-24-21)25-23(30)18-7-4-3-5-8-18/h3-5,7-10,15,20,28H,2,6,11-14,16-17H2,1H3,(H,25,30). The summed E-state index contributed by atoms with van der Waals surface area (Å²) in [6.07, 6.45) is 2.10. The van der Waals surface area contributed by atoms with Crippen LogP contribution in [0.15, 0.2) is 48.7 Å². The fourth-order valence-corrected chi connectivity index (χ4v) is 3.42. The summed E-state index contributed by atoms with van der Waals surface area (Å²) in [6.45, 7) is 5.57. The summed E-state index contributed by atoms with van der Waals surface area (Å²) in [4.78, 5) is 32.5. The Morgan fingerprint density at radius 3 is 2.52 bits per heavy atom. The largest absolute Gasteiger partial charge is 0.463 e. The molecule has 8 heteroatoms. The number of anilines is 2. The zero-order chi connectivity index (χ0) is 22.1. The molecule has 2 heterocycles. The highest BCUT2D eigenvalue weighted by molar-refractivity contribution is 6.04. The Balaban J connectivity index is 1.42. The highest BCUT2D eigenvalue weighted by Crippen LogP contribution is 2.17. The van der Waals surface area contributed by atoms with Gasteiger partial charge in [-0.05, 0) is 30.7 Å². The van der Waals surface area contributed by atoms with Crippen molar-refractivity contribution in [3.05, 3.63) is 54.2 Å². The Labute approximate surface area is 182 Å². The molecular formula is C23H30N4O4. The molecule has 1 aromatic carbocycles. The molecule has 1 aliphatic heterocycles. The third kappa shape index (κ3) is 7.04. The molecule has 1 fully saturated rings. The van der Waals surface area contributed by atoms with Crippen molar-refractivity contribution < 1.29 is 19.4 Å². The van der Waals surface area contributed by atoms with E-state index < -0.39 is 6.10 Å². The number of hydrogen-bond acceptors (Lipinski definition) is 7. The second-order valence-corrected chi connectivity index (χ2v) is 7.60. The Morgan fingerprint density at radius 2 is 1.87 bits per heavy atom. The highest BCUT2D eigenvalue weighted by Gasteiger charge is 2.21. The van der Waals surface area contributed by atoms with Crippen LogP contribution in [0.4, 0.5) is 11.5 Å². The molecule has 1 amide bonds. The fraction of sp³-hybridized carbons (Fsp3) is 0.435. The van der Waals surface area contributed by atoms with Crippen molar-refractivity contribution >= 4 is 23.4 Å². The average Bonchev–Trinajstić information content (AvgIpc) is 2.79. The summed E-state index contributed by atoms with van der Waals surface area (Å²) in [6, 6.07) is 12.8. The normalized spacial score (nSPS) is 15.4. The SMILES string of the molecule is CCCC(=O)OCC(O)CN1CCN(c2ccc(NC(=O)c3ccccc3)cn2)CC1. The number of rotatable bonds is 9. The quantitative estimate of drug-likeness (QED) is 0.593. The van der Waals surface area contributed by atoms with Crippen LogP contribution >= 0.6 is 0 Å². The van der Waals surface area contributed by atoms with E-state index >= 15 is 0 Å². The molecule has 1 unspecified atom stereocenters. The number of benzene rings is 1. The molecule has 166 valence electrons. The summed E-state index contributed by atoms with van der Waals surface area (Å²) in [7, 11) is 0. The maximum absolute atomic E-state index is 12.2. The topological polar surface area (TPSA) is 95.0 Å². The van der Waals surface area contributed by atoms with E-state index in [1.54, 1.807) is 18.3 Å². The van der Waals surface area contributed by atoms with Crippen LogP contribution in [-0.4, -0.2) is 72.3 Å². The first kappa shape index (κ1) is 22.7.